The minimum Gasteiger partial charge on any atom is -0.542 e. The number of benzene rings is 2. The Morgan fingerprint density at radius 1 is 1.05 bits per heavy atom. The second-order valence-electron chi connectivity index (χ2n) is 8.53. The van der Waals surface area contributed by atoms with Gasteiger partial charge in [-0.2, -0.15) is 18.2 Å². The fourth-order valence-corrected chi connectivity index (χ4v) is 4.00. The Hall–Kier alpha value is -2.88. The van der Waals surface area contributed by atoms with E-state index in [9.17, 15) is 18.0 Å². The van der Waals surface area contributed by atoms with Crippen molar-refractivity contribution in [2.24, 2.45) is 5.10 Å². The number of carbonyl (C=O) groups excluding carboxylic acids is 2. The van der Waals surface area contributed by atoms with E-state index >= 15 is 0 Å². The lowest BCUT2D eigenvalue weighted by atomic mass is 9.86. The summed E-state index contributed by atoms with van der Waals surface area (Å²) >= 11 is 12.1. The zero-order valence-corrected chi connectivity index (χ0v) is 22.0. The number of rotatable bonds is 8. The smallest absolute Gasteiger partial charge is 0.430 e. The summed E-state index contributed by atoms with van der Waals surface area (Å²) in [4.78, 5) is 21.8. The molecule has 37 heavy (non-hydrogen) atoms. The number of carbonyl (C=O) groups is 2. The minimum absolute atomic E-state index is 0.0788. The lowest BCUT2D eigenvalue weighted by Gasteiger charge is -2.26. The zero-order valence-electron chi connectivity index (χ0n) is 20.5. The third-order valence-electron chi connectivity index (χ3n) is 5.62. The van der Waals surface area contributed by atoms with Crippen LogP contribution in [0.15, 0.2) is 65.4 Å². The number of alkyl halides is 3. The van der Waals surface area contributed by atoms with Gasteiger partial charge >= 0.3 is 12.1 Å². The SMILES string of the molecule is CCCC1=N[NH+](C)C(C(=O)N[C@H](C)[C@H](Cc2ccc(Cl)cc2)c2ccc(Cl)cc2)=C1.O=C([O-])C(F)(F)F. The van der Waals surface area contributed by atoms with Crippen LogP contribution in [0.2, 0.25) is 10.0 Å². The molecule has 0 saturated carbocycles. The molecule has 0 bridgehead atoms. The van der Waals surface area contributed by atoms with Gasteiger partial charge in [0.1, 0.15) is 11.7 Å². The van der Waals surface area contributed by atoms with Gasteiger partial charge in [0.05, 0.1) is 7.05 Å². The van der Waals surface area contributed by atoms with Crippen LogP contribution in [0.1, 0.15) is 43.7 Å². The molecule has 0 fully saturated rings. The number of nitrogens with zero attached hydrogens (tertiary/aromatic N) is 1. The molecule has 3 rings (SSSR count). The molecule has 3 atom stereocenters. The monoisotopic (exact) mass is 557 g/mol. The van der Waals surface area contributed by atoms with E-state index in [0.717, 1.165) is 41.1 Å². The van der Waals surface area contributed by atoms with E-state index in [2.05, 4.69) is 17.3 Å². The molecule has 0 aromatic heterocycles. The van der Waals surface area contributed by atoms with Gasteiger partial charge in [-0.05, 0) is 55.2 Å². The third-order valence-corrected chi connectivity index (χ3v) is 6.13. The Kier molecular flexibility index (Phi) is 11.2. The van der Waals surface area contributed by atoms with E-state index in [1.165, 1.54) is 0 Å². The summed E-state index contributed by atoms with van der Waals surface area (Å²) in [6.45, 7) is 4.16. The van der Waals surface area contributed by atoms with E-state index in [4.69, 9.17) is 33.1 Å². The van der Waals surface area contributed by atoms with Crippen LogP contribution in [0.25, 0.3) is 0 Å². The number of carboxylic acid groups (broad SMARTS) is 1. The molecule has 0 radical (unpaired) electrons. The van der Waals surface area contributed by atoms with Crippen LogP contribution in [0.4, 0.5) is 13.2 Å². The molecular weight excluding hydrogens is 530 g/mol. The van der Waals surface area contributed by atoms with Crippen LogP contribution in [-0.4, -0.2) is 36.9 Å². The molecule has 1 amide bonds. The molecule has 0 saturated heterocycles. The Morgan fingerprint density at radius 2 is 1.57 bits per heavy atom. The second-order valence-corrected chi connectivity index (χ2v) is 9.41. The Morgan fingerprint density at radius 3 is 2.05 bits per heavy atom. The average Bonchev–Trinajstić information content (AvgIpc) is 3.19. The fraction of sp³-hybridized carbons (Fsp3) is 0.346. The van der Waals surface area contributed by atoms with E-state index < -0.39 is 12.1 Å². The molecule has 6 nitrogen and oxygen atoms in total. The quantitative estimate of drug-likeness (QED) is 0.519. The van der Waals surface area contributed by atoms with Crippen molar-refractivity contribution in [2.75, 3.05) is 7.05 Å². The van der Waals surface area contributed by atoms with Crippen LogP contribution >= 0.6 is 23.2 Å². The number of allylic oxidation sites excluding steroid dienone is 1. The van der Waals surface area contributed by atoms with Crippen molar-refractivity contribution in [1.29, 1.82) is 0 Å². The molecule has 2 aromatic rings. The topological polar surface area (TPSA) is 86.0 Å². The summed E-state index contributed by atoms with van der Waals surface area (Å²) < 4.78 is 31.5. The molecule has 1 aliphatic rings. The largest absolute Gasteiger partial charge is 0.542 e. The van der Waals surface area contributed by atoms with Gasteiger partial charge in [0.2, 0.25) is 5.70 Å². The van der Waals surface area contributed by atoms with Crippen molar-refractivity contribution < 1.29 is 32.9 Å². The highest BCUT2D eigenvalue weighted by Crippen LogP contribution is 2.27. The summed E-state index contributed by atoms with van der Waals surface area (Å²) in [5.74, 6) is -3.00. The first-order valence-electron chi connectivity index (χ1n) is 11.5. The Bertz CT molecular complexity index is 1130. The first-order chi connectivity index (χ1) is 17.3. The van der Waals surface area contributed by atoms with Gasteiger partial charge in [-0.1, -0.05) is 65.9 Å². The second kappa shape index (κ2) is 13.6. The molecule has 1 aliphatic heterocycles. The van der Waals surface area contributed by atoms with Gasteiger partial charge in [0, 0.05) is 28.1 Å². The molecule has 11 heteroatoms. The molecule has 0 aliphatic carbocycles. The van der Waals surface area contributed by atoms with E-state index in [0.29, 0.717) is 15.7 Å². The Labute approximate surface area is 223 Å². The van der Waals surface area contributed by atoms with Gasteiger partial charge in [0.25, 0.3) is 0 Å². The minimum atomic E-state index is -5.19. The van der Waals surface area contributed by atoms with Crippen molar-refractivity contribution in [2.45, 2.75) is 51.2 Å². The van der Waals surface area contributed by atoms with Crippen LogP contribution in [-0.2, 0) is 16.0 Å². The summed E-state index contributed by atoms with van der Waals surface area (Å²) in [6.07, 6.45) is -0.613. The third kappa shape index (κ3) is 9.50. The van der Waals surface area contributed by atoms with E-state index in [-0.39, 0.29) is 17.9 Å². The summed E-state index contributed by atoms with van der Waals surface area (Å²) in [5, 5.41) is 18.7. The normalized spacial score (nSPS) is 16.6. The number of hydrogen-bond acceptors (Lipinski definition) is 4. The summed E-state index contributed by atoms with van der Waals surface area (Å²) in [6, 6.07) is 15.6. The standard InChI is InChI=1S/C24H27Cl2N3O.C2HF3O2/c1-4-5-21-15-23(29(3)28-21)24(30)27-16(2)22(18-8-12-20(26)13-9-18)14-17-6-10-19(25)11-7-17;3-2(4,5)1(6)7/h6-13,15-16,22H,4-5,14H2,1-3H3,(H,27,30);(H,6,7)/t16-,22+;/m1./s1. The summed E-state index contributed by atoms with van der Waals surface area (Å²) in [7, 11) is 1.89. The predicted octanol–water partition coefficient (Wildman–Crippen LogP) is 3.69. The van der Waals surface area contributed by atoms with E-state index in [1.807, 2.05) is 68.6 Å². The van der Waals surface area contributed by atoms with Gasteiger partial charge in [0.15, 0.2) is 0 Å². The highest BCUT2D eigenvalue weighted by atomic mass is 35.5. The molecule has 0 spiro atoms. The van der Waals surface area contributed by atoms with Crippen LogP contribution in [0.3, 0.4) is 0 Å². The average molecular weight is 558 g/mol. The fourth-order valence-electron chi connectivity index (χ4n) is 3.75. The number of carboxylic acids is 1. The van der Waals surface area contributed by atoms with Crippen molar-refractivity contribution in [3.63, 3.8) is 0 Å². The van der Waals surface area contributed by atoms with Crippen LogP contribution < -0.4 is 15.4 Å². The maximum atomic E-state index is 13.0. The number of aliphatic carboxylic acids is 1. The number of nitrogens with one attached hydrogen (secondary N) is 2. The molecule has 200 valence electrons. The van der Waals surface area contributed by atoms with Crippen molar-refractivity contribution in [3.8, 4) is 0 Å². The number of quaternary nitrogens is 1. The lowest BCUT2D eigenvalue weighted by Crippen LogP contribution is -3.02. The number of likely N-dealkylation sites (N-methyl/N-ethyl adjacent to an activating group) is 1. The molecule has 2 aromatic carbocycles. The number of hydrogen-bond donors (Lipinski definition) is 2. The molecule has 2 N–H and O–H groups in total. The predicted molar refractivity (Wildman–Crippen MR) is 135 cm³/mol. The molecule has 1 unspecified atom stereocenters. The molecule has 1 heterocycles. The van der Waals surface area contributed by atoms with Crippen molar-refractivity contribution >= 4 is 40.8 Å². The lowest BCUT2D eigenvalue weighted by molar-refractivity contribution is -0.838. The number of halogens is 5. The van der Waals surface area contributed by atoms with Crippen molar-refractivity contribution in [3.05, 3.63) is 81.5 Å². The first-order valence-corrected chi connectivity index (χ1v) is 12.3. The highest BCUT2D eigenvalue weighted by molar-refractivity contribution is 6.30. The van der Waals surface area contributed by atoms with Crippen LogP contribution in [0.5, 0.6) is 0 Å². The maximum absolute atomic E-state index is 13.0. The van der Waals surface area contributed by atoms with Gasteiger partial charge in [-0.15, -0.1) is 0 Å². The summed E-state index contributed by atoms with van der Waals surface area (Å²) in [5.41, 5.74) is 3.93. The first kappa shape index (κ1) is 30.3. The van der Waals surface area contributed by atoms with Gasteiger partial charge in [-0.3, -0.25) is 4.79 Å². The highest BCUT2D eigenvalue weighted by Gasteiger charge is 2.30. The van der Waals surface area contributed by atoms with Gasteiger partial charge < -0.3 is 15.2 Å². The number of amides is 1. The Balaban J connectivity index is 0.000000604. The molecular formula is C26H28Cl2F3N3O3. The maximum Gasteiger partial charge on any atom is 0.430 e. The zero-order chi connectivity index (χ0) is 27.8. The van der Waals surface area contributed by atoms with Gasteiger partial charge in [-0.25, -0.2) is 0 Å². The van der Waals surface area contributed by atoms with E-state index in [1.54, 1.807) is 0 Å². The van der Waals surface area contributed by atoms with Crippen LogP contribution in [0, 0.1) is 0 Å². The van der Waals surface area contributed by atoms with Crippen molar-refractivity contribution in [1.82, 2.24) is 5.32 Å².